The standard InChI is InChI=1S/C17H25N3O3S3/c1-3-5-6-7-10-24-17-19-14-9-8-12(11-15(14)25-17)26(22,23)20-13(4-2)16(18)21/h8-9,11,13,20H,3-7,10H2,1-2H3,(H2,18,21). The third-order valence-electron chi connectivity index (χ3n) is 3.92. The van der Waals surface area contributed by atoms with E-state index in [2.05, 4.69) is 16.6 Å². The first-order valence-electron chi connectivity index (χ1n) is 8.72. The van der Waals surface area contributed by atoms with Crippen molar-refractivity contribution < 1.29 is 13.2 Å². The van der Waals surface area contributed by atoms with Gasteiger partial charge in [0, 0.05) is 5.75 Å². The molecule has 2 aromatic rings. The maximum absolute atomic E-state index is 12.5. The fourth-order valence-electron chi connectivity index (χ4n) is 2.40. The molecule has 0 saturated carbocycles. The molecule has 0 aliphatic heterocycles. The molecule has 26 heavy (non-hydrogen) atoms. The smallest absolute Gasteiger partial charge is 0.241 e. The molecule has 0 fully saturated rings. The van der Waals surface area contributed by atoms with Crippen LogP contribution in [0.5, 0.6) is 0 Å². The van der Waals surface area contributed by atoms with Crippen LogP contribution in [-0.4, -0.2) is 31.1 Å². The summed E-state index contributed by atoms with van der Waals surface area (Å²) in [5.41, 5.74) is 6.01. The molecule has 1 aromatic carbocycles. The van der Waals surface area contributed by atoms with E-state index in [9.17, 15) is 13.2 Å². The van der Waals surface area contributed by atoms with Crippen LogP contribution in [0.25, 0.3) is 10.2 Å². The second kappa shape index (κ2) is 9.68. The fourth-order valence-corrected chi connectivity index (χ4v) is 5.96. The van der Waals surface area contributed by atoms with Crippen LogP contribution in [0.4, 0.5) is 0 Å². The molecule has 0 bridgehead atoms. The van der Waals surface area contributed by atoms with Crippen LogP contribution < -0.4 is 10.5 Å². The second-order valence-electron chi connectivity index (χ2n) is 6.00. The molecular weight excluding hydrogens is 390 g/mol. The Morgan fingerprint density at radius 1 is 1.31 bits per heavy atom. The van der Waals surface area contributed by atoms with Gasteiger partial charge >= 0.3 is 0 Å². The van der Waals surface area contributed by atoms with Crippen molar-refractivity contribution in [2.24, 2.45) is 5.73 Å². The number of rotatable bonds is 11. The average molecular weight is 416 g/mol. The van der Waals surface area contributed by atoms with Gasteiger partial charge in [0.1, 0.15) is 6.04 Å². The quantitative estimate of drug-likeness (QED) is 0.432. The van der Waals surface area contributed by atoms with E-state index >= 15 is 0 Å². The van der Waals surface area contributed by atoms with Crippen molar-refractivity contribution in [1.29, 1.82) is 0 Å². The predicted molar refractivity (Wildman–Crippen MR) is 108 cm³/mol. The van der Waals surface area contributed by atoms with Crippen molar-refractivity contribution in [3.8, 4) is 0 Å². The predicted octanol–water partition coefficient (Wildman–Crippen LogP) is 3.51. The first kappa shape index (κ1) is 21.1. The van der Waals surface area contributed by atoms with Crippen LogP contribution in [0.3, 0.4) is 0 Å². The number of nitrogens with zero attached hydrogens (tertiary/aromatic N) is 1. The molecule has 144 valence electrons. The molecule has 1 aromatic heterocycles. The minimum atomic E-state index is -3.80. The number of fused-ring (bicyclic) bond motifs is 1. The molecule has 0 spiro atoms. The molecular formula is C17H25N3O3S3. The molecule has 0 aliphatic rings. The Bertz CT molecular complexity index is 849. The highest BCUT2D eigenvalue weighted by molar-refractivity contribution is 8.01. The summed E-state index contributed by atoms with van der Waals surface area (Å²) >= 11 is 3.20. The largest absolute Gasteiger partial charge is 0.368 e. The van der Waals surface area contributed by atoms with Gasteiger partial charge in [-0.3, -0.25) is 4.79 Å². The number of amides is 1. The number of carbonyl (C=O) groups excluding carboxylic acids is 1. The van der Waals surface area contributed by atoms with E-state index in [4.69, 9.17) is 5.73 Å². The van der Waals surface area contributed by atoms with Gasteiger partial charge in [0.05, 0.1) is 15.1 Å². The number of carbonyl (C=O) groups is 1. The van der Waals surface area contributed by atoms with Gasteiger partial charge in [0.2, 0.25) is 15.9 Å². The number of thiazole rings is 1. The highest BCUT2D eigenvalue weighted by Gasteiger charge is 2.23. The summed E-state index contributed by atoms with van der Waals surface area (Å²) in [7, 11) is -3.80. The Hall–Kier alpha value is -1.16. The molecule has 0 saturated heterocycles. The molecule has 1 heterocycles. The molecule has 9 heteroatoms. The topological polar surface area (TPSA) is 102 Å². The van der Waals surface area contributed by atoms with E-state index in [0.717, 1.165) is 26.7 Å². The van der Waals surface area contributed by atoms with Crippen molar-refractivity contribution in [1.82, 2.24) is 9.71 Å². The first-order valence-corrected chi connectivity index (χ1v) is 12.0. The van der Waals surface area contributed by atoms with Crippen molar-refractivity contribution in [3.63, 3.8) is 0 Å². The Morgan fingerprint density at radius 2 is 2.08 bits per heavy atom. The number of benzene rings is 1. The number of thioether (sulfide) groups is 1. The zero-order valence-electron chi connectivity index (χ0n) is 15.0. The van der Waals surface area contributed by atoms with E-state index in [-0.39, 0.29) is 4.90 Å². The summed E-state index contributed by atoms with van der Waals surface area (Å²) in [5, 5.41) is 0. The third kappa shape index (κ3) is 5.67. The van der Waals surface area contributed by atoms with Crippen LogP contribution in [-0.2, 0) is 14.8 Å². The zero-order chi connectivity index (χ0) is 19.2. The number of sulfonamides is 1. The van der Waals surface area contributed by atoms with Crippen LogP contribution in [0.2, 0.25) is 0 Å². The van der Waals surface area contributed by atoms with Gasteiger partial charge in [0.25, 0.3) is 0 Å². The normalized spacial score (nSPS) is 13.2. The Labute approximate surface area is 163 Å². The number of aromatic nitrogens is 1. The lowest BCUT2D eigenvalue weighted by molar-refractivity contribution is -0.119. The van der Waals surface area contributed by atoms with Gasteiger partial charge in [-0.05, 0) is 31.0 Å². The number of nitrogens with one attached hydrogen (secondary N) is 1. The number of primary amides is 1. The van der Waals surface area contributed by atoms with E-state index in [1.165, 1.54) is 36.7 Å². The summed E-state index contributed by atoms with van der Waals surface area (Å²) in [5.74, 6) is 0.334. The van der Waals surface area contributed by atoms with Crippen molar-refractivity contribution in [2.45, 2.75) is 61.2 Å². The lowest BCUT2D eigenvalue weighted by atomic mass is 10.2. The SMILES string of the molecule is CCCCCCSc1nc2ccc(S(=O)(=O)NC(CC)C(N)=O)cc2s1. The van der Waals surface area contributed by atoms with Crippen LogP contribution in [0.15, 0.2) is 27.4 Å². The van der Waals surface area contributed by atoms with Crippen LogP contribution in [0.1, 0.15) is 46.0 Å². The minimum Gasteiger partial charge on any atom is -0.368 e. The minimum absolute atomic E-state index is 0.118. The Balaban J connectivity index is 2.11. The molecule has 2 rings (SSSR count). The van der Waals surface area contributed by atoms with Crippen molar-refractivity contribution in [3.05, 3.63) is 18.2 Å². The Morgan fingerprint density at radius 3 is 2.73 bits per heavy atom. The second-order valence-corrected chi connectivity index (χ2v) is 10.1. The fraction of sp³-hybridized carbons (Fsp3) is 0.529. The van der Waals surface area contributed by atoms with E-state index in [1.807, 2.05) is 0 Å². The van der Waals surface area contributed by atoms with Gasteiger partial charge < -0.3 is 5.73 Å². The lowest BCUT2D eigenvalue weighted by Crippen LogP contribution is -2.43. The zero-order valence-corrected chi connectivity index (χ0v) is 17.5. The molecule has 3 N–H and O–H groups in total. The summed E-state index contributed by atoms with van der Waals surface area (Å²) in [6.45, 7) is 3.89. The van der Waals surface area contributed by atoms with Crippen molar-refractivity contribution >= 4 is 49.2 Å². The lowest BCUT2D eigenvalue weighted by Gasteiger charge is -2.13. The maximum atomic E-state index is 12.5. The van der Waals surface area contributed by atoms with E-state index in [1.54, 1.807) is 30.8 Å². The van der Waals surface area contributed by atoms with Gasteiger partial charge in [-0.1, -0.05) is 44.9 Å². The number of hydrogen-bond donors (Lipinski definition) is 2. The molecule has 1 atom stereocenters. The van der Waals surface area contributed by atoms with Gasteiger partial charge in [0.15, 0.2) is 4.34 Å². The highest BCUT2D eigenvalue weighted by atomic mass is 32.2. The van der Waals surface area contributed by atoms with Crippen LogP contribution >= 0.6 is 23.1 Å². The molecule has 6 nitrogen and oxygen atoms in total. The molecule has 1 amide bonds. The number of hydrogen-bond acceptors (Lipinski definition) is 6. The monoisotopic (exact) mass is 415 g/mol. The van der Waals surface area contributed by atoms with Gasteiger partial charge in [-0.2, -0.15) is 4.72 Å². The van der Waals surface area contributed by atoms with Crippen LogP contribution in [0, 0.1) is 0 Å². The molecule has 1 unspecified atom stereocenters. The molecule has 0 radical (unpaired) electrons. The molecule has 0 aliphatic carbocycles. The summed E-state index contributed by atoms with van der Waals surface area (Å²) in [6, 6.07) is 3.90. The highest BCUT2D eigenvalue weighted by Crippen LogP contribution is 2.31. The number of unbranched alkanes of at least 4 members (excludes halogenated alkanes) is 3. The number of nitrogens with two attached hydrogens (primary N) is 1. The van der Waals surface area contributed by atoms with Crippen molar-refractivity contribution in [2.75, 3.05) is 5.75 Å². The summed E-state index contributed by atoms with van der Waals surface area (Å²) in [4.78, 5) is 16.0. The first-order chi connectivity index (χ1) is 12.4. The summed E-state index contributed by atoms with van der Waals surface area (Å²) < 4.78 is 29.1. The summed E-state index contributed by atoms with van der Waals surface area (Å²) in [6.07, 6.45) is 5.14. The average Bonchev–Trinajstić information content (AvgIpc) is 3.01. The van der Waals surface area contributed by atoms with Gasteiger partial charge in [-0.25, -0.2) is 13.4 Å². The Kier molecular flexibility index (Phi) is 7.87. The van der Waals surface area contributed by atoms with Gasteiger partial charge in [-0.15, -0.1) is 11.3 Å². The third-order valence-corrected chi connectivity index (χ3v) is 7.64. The van der Waals surface area contributed by atoms with E-state index < -0.39 is 22.0 Å². The maximum Gasteiger partial charge on any atom is 0.241 e. The van der Waals surface area contributed by atoms with E-state index in [0.29, 0.717) is 6.42 Å².